The number of pyridine rings is 1. The van der Waals surface area contributed by atoms with E-state index in [1.807, 2.05) is 31.9 Å². The molecule has 5 atom stereocenters. The van der Waals surface area contributed by atoms with Gasteiger partial charge in [0.25, 0.3) is 5.91 Å². The predicted molar refractivity (Wildman–Crippen MR) is 240 cm³/mol. The van der Waals surface area contributed by atoms with Crippen LogP contribution in [0.15, 0.2) is 42.5 Å². The van der Waals surface area contributed by atoms with E-state index in [1.165, 1.54) is 12.1 Å². The maximum atomic E-state index is 15.4. The number of aromatic nitrogens is 5. The molecule has 4 fully saturated rings. The highest BCUT2D eigenvalue weighted by molar-refractivity contribution is 6.05. The molecule has 5 aliphatic rings. The van der Waals surface area contributed by atoms with Gasteiger partial charge in [-0.25, -0.2) is 18.4 Å². The van der Waals surface area contributed by atoms with Gasteiger partial charge in [-0.1, -0.05) is 0 Å². The first-order valence-electron chi connectivity index (χ1n) is 22.8. The maximum absolute atomic E-state index is 15.4. The number of hydrogen-bond acceptors (Lipinski definition) is 10. The van der Waals surface area contributed by atoms with E-state index in [-0.39, 0.29) is 36.4 Å². The van der Waals surface area contributed by atoms with Gasteiger partial charge in [-0.05, 0) is 121 Å². The number of carbonyl (C=O) groups is 3. The second-order valence-electron chi connectivity index (χ2n) is 18.9. The zero-order valence-corrected chi connectivity index (χ0v) is 37.2. The molecule has 64 heavy (non-hydrogen) atoms. The number of fused-ring (bicyclic) bond motifs is 9. The fourth-order valence-corrected chi connectivity index (χ4v) is 11.3. The number of halogens is 2. The van der Waals surface area contributed by atoms with Crippen molar-refractivity contribution in [3.8, 4) is 17.1 Å². The summed E-state index contributed by atoms with van der Waals surface area (Å²) < 4.78 is 41.3. The molecule has 14 nitrogen and oxygen atoms in total. The summed E-state index contributed by atoms with van der Waals surface area (Å²) in [7, 11) is 1.89. The molecular formula is C48H56F2N10O4. The van der Waals surface area contributed by atoms with Crippen molar-refractivity contribution in [1.29, 1.82) is 0 Å². The van der Waals surface area contributed by atoms with Gasteiger partial charge in [0, 0.05) is 92.5 Å². The summed E-state index contributed by atoms with van der Waals surface area (Å²) in [6.07, 6.45) is 4.97. The summed E-state index contributed by atoms with van der Waals surface area (Å²) in [5.74, 6) is -1.86. The van der Waals surface area contributed by atoms with Crippen molar-refractivity contribution < 1.29 is 27.9 Å². The Balaban J connectivity index is 0.858. The minimum atomic E-state index is -1.02. The molecule has 5 aromatic rings. The van der Waals surface area contributed by atoms with Gasteiger partial charge in [0.15, 0.2) is 0 Å². The van der Waals surface area contributed by atoms with Crippen LogP contribution in [0.4, 0.5) is 26.1 Å². The van der Waals surface area contributed by atoms with Gasteiger partial charge in [0.05, 0.1) is 40.5 Å². The Labute approximate surface area is 371 Å². The summed E-state index contributed by atoms with van der Waals surface area (Å²) in [5.41, 5.74) is 6.61. The molecule has 2 aromatic carbocycles. The Morgan fingerprint density at radius 1 is 0.812 bits per heavy atom. The van der Waals surface area contributed by atoms with E-state index < -0.39 is 29.4 Å². The molecule has 2 N–H and O–H groups in total. The molecule has 10 rings (SSSR count). The van der Waals surface area contributed by atoms with E-state index in [0.717, 1.165) is 85.4 Å². The third kappa shape index (κ3) is 7.77. The molecule has 4 bridgehead atoms. The first-order chi connectivity index (χ1) is 30.8. The normalized spacial score (nSPS) is 24.7. The first-order valence-corrected chi connectivity index (χ1v) is 22.8. The van der Waals surface area contributed by atoms with Crippen molar-refractivity contribution in [2.75, 3.05) is 47.9 Å². The number of rotatable bonds is 4. The molecule has 1 aliphatic carbocycles. The fraction of sp³-hybridized carbons (Fsp3) is 0.500. The SMILES string of the molecule is Cc1cc2cc(n1)-c1c(C)nn(C)c1OC[C@H]1CC[C@H](C1)Cn1c(nc3ccc(N4C[C@@H](C)N(C5CCN(c6cc(F)c([C@H]7CCC(=O)NC7=O)c(F)c6)CC5)C[C@@H]4C)cc31)NC2=O. The quantitative estimate of drug-likeness (QED) is 0.184. The van der Waals surface area contributed by atoms with Crippen molar-refractivity contribution in [3.05, 3.63) is 76.6 Å². The van der Waals surface area contributed by atoms with Crippen molar-refractivity contribution in [2.24, 2.45) is 18.9 Å². The van der Waals surface area contributed by atoms with Crippen LogP contribution in [0.2, 0.25) is 0 Å². The Bertz CT molecular complexity index is 2650. The monoisotopic (exact) mass is 874 g/mol. The van der Waals surface area contributed by atoms with Crippen molar-refractivity contribution in [3.63, 3.8) is 0 Å². The molecule has 0 spiro atoms. The Morgan fingerprint density at radius 3 is 2.34 bits per heavy atom. The third-order valence-electron chi connectivity index (χ3n) is 14.5. The van der Waals surface area contributed by atoms with Crippen LogP contribution in [0.3, 0.4) is 0 Å². The molecule has 3 aromatic heterocycles. The second kappa shape index (κ2) is 16.6. The second-order valence-corrected chi connectivity index (χ2v) is 18.9. The van der Waals surface area contributed by atoms with Crippen LogP contribution in [0, 0.1) is 37.3 Å². The van der Waals surface area contributed by atoms with Gasteiger partial charge >= 0.3 is 0 Å². The van der Waals surface area contributed by atoms with Gasteiger partial charge in [0.2, 0.25) is 23.6 Å². The standard InChI is InChI=1S/C48H56F2N10O4/c1-26-16-32-18-40(51-26)43-29(4)55-56(5)47(43)64-25-31-7-6-30(17-31)24-60-41-21-34(8-10-39(41)52-48(60)54-45(32)62)59-23-27(2)58(22-28(59)3)33-12-14-57(15-13-33)35-19-37(49)44(38(50)20-35)36-9-11-42(61)53-46(36)63/h8,10,16,18-21,27-28,30-31,33,36H,6-7,9,11-15,17,22-25H2,1-5H3,(H,52,54,62)(H,53,61,63)/t27-,28+,30-,31+,36-/m1/s1. The van der Waals surface area contributed by atoms with Gasteiger partial charge in [0.1, 0.15) is 11.6 Å². The summed E-state index contributed by atoms with van der Waals surface area (Å²) in [5, 5.41) is 10.1. The summed E-state index contributed by atoms with van der Waals surface area (Å²) in [4.78, 5) is 55.1. The minimum absolute atomic E-state index is 0.0553. The van der Waals surface area contributed by atoms with Crippen LogP contribution in [-0.2, 0) is 23.2 Å². The topological polar surface area (TPSA) is 143 Å². The highest BCUT2D eigenvalue weighted by Gasteiger charge is 2.37. The number of nitrogens with one attached hydrogen (secondary N) is 2. The zero-order valence-electron chi connectivity index (χ0n) is 37.2. The van der Waals surface area contributed by atoms with Crippen molar-refractivity contribution in [1.82, 2.24) is 34.5 Å². The average Bonchev–Trinajstić information content (AvgIpc) is 3.94. The van der Waals surface area contributed by atoms with E-state index >= 15 is 8.78 Å². The number of ether oxygens (including phenoxy) is 1. The zero-order chi connectivity index (χ0) is 44.6. The lowest BCUT2D eigenvalue weighted by atomic mass is 9.89. The first kappa shape index (κ1) is 42.1. The number of imidazole rings is 1. The summed E-state index contributed by atoms with van der Waals surface area (Å²) in [6, 6.07) is 13.5. The molecule has 1 saturated carbocycles. The number of aryl methyl sites for hydroxylation is 3. The van der Waals surface area contributed by atoms with Crippen LogP contribution in [0.5, 0.6) is 5.88 Å². The summed E-state index contributed by atoms with van der Waals surface area (Å²) >= 11 is 0. The smallest absolute Gasteiger partial charge is 0.258 e. The highest BCUT2D eigenvalue weighted by Crippen LogP contribution is 2.39. The van der Waals surface area contributed by atoms with E-state index in [9.17, 15) is 14.4 Å². The van der Waals surface area contributed by atoms with Crippen LogP contribution < -0.4 is 25.2 Å². The number of nitrogens with zero attached hydrogens (tertiary/aromatic N) is 8. The average molecular weight is 875 g/mol. The van der Waals surface area contributed by atoms with Gasteiger partial charge in [-0.15, -0.1) is 0 Å². The number of carbonyl (C=O) groups excluding carboxylic acids is 3. The molecule has 336 valence electrons. The number of hydrogen-bond donors (Lipinski definition) is 2. The molecule has 0 radical (unpaired) electrons. The van der Waals surface area contributed by atoms with Gasteiger partial charge in [-0.3, -0.25) is 34.9 Å². The van der Waals surface area contributed by atoms with Crippen molar-refractivity contribution in [2.45, 2.75) is 103 Å². The van der Waals surface area contributed by atoms with Gasteiger partial charge in [-0.2, -0.15) is 5.10 Å². The van der Waals surface area contributed by atoms with E-state index in [4.69, 9.17) is 14.7 Å². The lowest BCUT2D eigenvalue weighted by Gasteiger charge is -2.50. The third-order valence-corrected chi connectivity index (χ3v) is 14.5. The maximum Gasteiger partial charge on any atom is 0.258 e. The van der Waals surface area contributed by atoms with Crippen LogP contribution in [-0.4, -0.2) is 97.8 Å². The Morgan fingerprint density at radius 2 is 1.58 bits per heavy atom. The van der Waals surface area contributed by atoms with Crippen LogP contribution in [0.25, 0.3) is 22.3 Å². The molecular weight excluding hydrogens is 819 g/mol. The molecule has 3 saturated heterocycles. The molecule has 16 heteroatoms. The number of amides is 3. The number of piperidine rings is 2. The number of anilines is 3. The highest BCUT2D eigenvalue weighted by atomic mass is 19.1. The summed E-state index contributed by atoms with van der Waals surface area (Å²) in [6.45, 7) is 12.7. The lowest BCUT2D eigenvalue weighted by molar-refractivity contribution is -0.134. The van der Waals surface area contributed by atoms with Crippen LogP contribution >= 0.6 is 0 Å². The Hall–Kier alpha value is -5.90. The molecule has 4 aliphatic heterocycles. The van der Waals surface area contributed by atoms with Crippen LogP contribution in [0.1, 0.15) is 92.0 Å². The van der Waals surface area contributed by atoms with E-state index in [1.54, 1.807) is 10.7 Å². The van der Waals surface area contributed by atoms with Crippen molar-refractivity contribution >= 4 is 46.1 Å². The number of imide groups is 1. The Kier molecular flexibility index (Phi) is 10.9. The van der Waals surface area contributed by atoms with E-state index in [0.29, 0.717) is 66.3 Å². The fourth-order valence-electron chi connectivity index (χ4n) is 11.3. The van der Waals surface area contributed by atoms with E-state index in [2.05, 4.69) is 62.1 Å². The van der Waals surface area contributed by atoms with Gasteiger partial charge < -0.3 is 19.1 Å². The minimum Gasteiger partial charge on any atom is -0.477 e. The predicted octanol–water partition coefficient (Wildman–Crippen LogP) is 6.88. The largest absolute Gasteiger partial charge is 0.477 e. The molecule has 7 heterocycles. The number of piperazine rings is 1. The molecule has 3 amide bonds. The number of benzene rings is 2. The molecule has 0 unspecified atom stereocenters. The lowest BCUT2D eigenvalue weighted by Crippen LogP contribution is -2.60.